The zero-order chi connectivity index (χ0) is 10.6. The molecule has 0 aromatic heterocycles. The van der Waals surface area contributed by atoms with Crippen LogP contribution < -0.4 is 0 Å². The molecule has 0 heteroatoms. The monoisotopic (exact) mass is 180 g/mol. The molecular formula is C13H24. The highest BCUT2D eigenvalue weighted by Crippen LogP contribution is 2.27. The number of hydrogen-bond donors (Lipinski definition) is 0. The quantitative estimate of drug-likeness (QED) is 0.555. The molecule has 0 aromatic rings. The Morgan fingerprint density at radius 2 is 1.62 bits per heavy atom. The third-order valence-electron chi connectivity index (χ3n) is 2.81. The van der Waals surface area contributed by atoms with E-state index >= 15 is 0 Å². The van der Waals surface area contributed by atoms with E-state index < -0.39 is 0 Å². The molecule has 0 aromatic carbocycles. The molecule has 13 heavy (non-hydrogen) atoms. The van der Waals surface area contributed by atoms with Crippen molar-refractivity contribution in [3.8, 4) is 0 Å². The van der Waals surface area contributed by atoms with Crippen LogP contribution in [0, 0.1) is 11.8 Å². The summed E-state index contributed by atoms with van der Waals surface area (Å²) < 4.78 is 0. The van der Waals surface area contributed by atoms with E-state index in [0.717, 1.165) is 0 Å². The van der Waals surface area contributed by atoms with Crippen LogP contribution in [0.15, 0.2) is 23.3 Å². The van der Waals surface area contributed by atoms with Gasteiger partial charge in [0, 0.05) is 0 Å². The van der Waals surface area contributed by atoms with E-state index in [2.05, 4.69) is 48.1 Å². The highest BCUT2D eigenvalue weighted by Gasteiger charge is 2.11. The molecule has 0 saturated heterocycles. The summed E-state index contributed by atoms with van der Waals surface area (Å²) >= 11 is 0. The van der Waals surface area contributed by atoms with Gasteiger partial charge in [-0.05, 0) is 37.7 Å². The Kier molecular flexibility index (Phi) is 5.05. The van der Waals surface area contributed by atoms with Crippen LogP contribution in [0.4, 0.5) is 0 Å². The fraction of sp³-hybridized carbons (Fsp3) is 0.692. The average Bonchev–Trinajstić information content (AvgIpc) is 2.01. The fourth-order valence-corrected chi connectivity index (χ4v) is 1.86. The van der Waals surface area contributed by atoms with Gasteiger partial charge in [0.15, 0.2) is 0 Å². The maximum atomic E-state index is 4.06. The molecule has 1 unspecified atom stereocenters. The van der Waals surface area contributed by atoms with Gasteiger partial charge >= 0.3 is 0 Å². The summed E-state index contributed by atoms with van der Waals surface area (Å²) in [5, 5.41) is 0. The Hall–Kier alpha value is -0.520. The van der Waals surface area contributed by atoms with Gasteiger partial charge in [-0.1, -0.05) is 45.4 Å². The standard InChI is InChI=1S/C13H24/c1-8-11(6)12(7)13(9(2)3)10(4)5/h10-11H,2,8H2,1,3-7H3. The molecule has 0 aliphatic heterocycles. The molecule has 0 rings (SSSR count). The smallest absolute Gasteiger partial charge is 0.0217 e. The summed E-state index contributed by atoms with van der Waals surface area (Å²) in [6.45, 7) is 17.4. The Morgan fingerprint density at radius 1 is 1.15 bits per heavy atom. The van der Waals surface area contributed by atoms with E-state index in [0.29, 0.717) is 11.8 Å². The average molecular weight is 180 g/mol. The molecule has 0 aliphatic carbocycles. The van der Waals surface area contributed by atoms with Crippen molar-refractivity contribution in [1.29, 1.82) is 0 Å². The van der Waals surface area contributed by atoms with E-state index in [1.165, 1.54) is 23.1 Å². The van der Waals surface area contributed by atoms with Crippen LogP contribution >= 0.6 is 0 Å². The third-order valence-corrected chi connectivity index (χ3v) is 2.81. The van der Waals surface area contributed by atoms with Gasteiger partial charge in [0.05, 0.1) is 0 Å². The minimum absolute atomic E-state index is 0.603. The molecule has 0 radical (unpaired) electrons. The van der Waals surface area contributed by atoms with Crippen molar-refractivity contribution in [2.45, 2.75) is 48.0 Å². The predicted molar refractivity (Wildman–Crippen MR) is 61.8 cm³/mol. The summed E-state index contributed by atoms with van der Waals surface area (Å²) in [6, 6.07) is 0. The second-order valence-corrected chi connectivity index (χ2v) is 4.34. The molecule has 76 valence electrons. The summed E-state index contributed by atoms with van der Waals surface area (Å²) in [5.74, 6) is 1.29. The van der Waals surface area contributed by atoms with Crippen LogP contribution in [0.25, 0.3) is 0 Å². The minimum Gasteiger partial charge on any atom is -0.0958 e. The minimum atomic E-state index is 0.603. The van der Waals surface area contributed by atoms with Crippen molar-refractivity contribution in [3.05, 3.63) is 23.3 Å². The first-order chi connectivity index (χ1) is 5.91. The normalized spacial score (nSPS) is 15.6. The molecule has 0 saturated carbocycles. The molecule has 0 nitrogen and oxygen atoms in total. The van der Waals surface area contributed by atoms with Gasteiger partial charge in [-0.25, -0.2) is 0 Å². The lowest BCUT2D eigenvalue weighted by molar-refractivity contribution is 0.628. The molecule has 1 atom stereocenters. The second kappa shape index (κ2) is 5.26. The first-order valence-corrected chi connectivity index (χ1v) is 5.28. The zero-order valence-corrected chi connectivity index (χ0v) is 10.1. The van der Waals surface area contributed by atoms with Gasteiger partial charge in [0.2, 0.25) is 0 Å². The SMILES string of the molecule is C=C(C)C(=C(C)C(C)CC)C(C)C. The number of hydrogen-bond acceptors (Lipinski definition) is 0. The Bertz CT molecular complexity index is 206. The molecule has 0 heterocycles. The van der Waals surface area contributed by atoms with Gasteiger partial charge in [-0.2, -0.15) is 0 Å². The molecule has 0 aliphatic rings. The molecular weight excluding hydrogens is 156 g/mol. The first-order valence-electron chi connectivity index (χ1n) is 5.28. The lowest BCUT2D eigenvalue weighted by atomic mass is 9.86. The molecule has 0 fully saturated rings. The maximum Gasteiger partial charge on any atom is -0.0217 e. The Morgan fingerprint density at radius 3 is 1.85 bits per heavy atom. The summed E-state index contributed by atoms with van der Waals surface area (Å²) in [6.07, 6.45) is 1.22. The van der Waals surface area contributed by atoms with Crippen LogP contribution in [0.5, 0.6) is 0 Å². The van der Waals surface area contributed by atoms with Crippen molar-refractivity contribution < 1.29 is 0 Å². The highest BCUT2D eigenvalue weighted by molar-refractivity contribution is 5.33. The lowest BCUT2D eigenvalue weighted by Crippen LogP contribution is -2.04. The van der Waals surface area contributed by atoms with E-state index in [4.69, 9.17) is 0 Å². The van der Waals surface area contributed by atoms with Crippen LogP contribution in [0.3, 0.4) is 0 Å². The summed E-state index contributed by atoms with van der Waals surface area (Å²) in [5.41, 5.74) is 4.21. The van der Waals surface area contributed by atoms with Gasteiger partial charge in [0.1, 0.15) is 0 Å². The zero-order valence-electron chi connectivity index (χ0n) is 10.1. The topological polar surface area (TPSA) is 0 Å². The molecule has 0 amide bonds. The van der Waals surface area contributed by atoms with Crippen LogP contribution in [-0.4, -0.2) is 0 Å². The Balaban J connectivity index is 4.97. The van der Waals surface area contributed by atoms with Gasteiger partial charge in [-0.3, -0.25) is 0 Å². The summed E-state index contributed by atoms with van der Waals surface area (Å²) in [7, 11) is 0. The van der Waals surface area contributed by atoms with Crippen LogP contribution in [-0.2, 0) is 0 Å². The predicted octanol–water partition coefficient (Wildman–Crippen LogP) is 4.58. The van der Waals surface area contributed by atoms with E-state index in [-0.39, 0.29) is 0 Å². The van der Waals surface area contributed by atoms with Crippen LogP contribution in [0.2, 0.25) is 0 Å². The largest absolute Gasteiger partial charge is 0.0958 e. The molecule has 0 bridgehead atoms. The van der Waals surface area contributed by atoms with Crippen molar-refractivity contribution in [1.82, 2.24) is 0 Å². The van der Waals surface area contributed by atoms with Gasteiger partial charge < -0.3 is 0 Å². The Labute approximate surface area is 83.7 Å². The van der Waals surface area contributed by atoms with Crippen molar-refractivity contribution in [2.24, 2.45) is 11.8 Å². The van der Waals surface area contributed by atoms with Crippen molar-refractivity contribution in [3.63, 3.8) is 0 Å². The van der Waals surface area contributed by atoms with Gasteiger partial charge in [-0.15, -0.1) is 0 Å². The van der Waals surface area contributed by atoms with Crippen LogP contribution in [0.1, 0.15) is 48.0 Å². The second-order valence-electron chi connectivity index (χ2n) is 4.34. The number of allylic oxidation sites excluding steroid dienone is 3. The summed E-state index contributed by atoms with van der Waals surface area (Å²) in [4.78, 5) is 0. The lowest BCUT2D eigenvalue weighted by Gasteiger charge is -2.20. The first kappa shape index (κ1) is 12.5. The van der Waals surface area contributed by atoms with Gasteiger partial charge in [0.25, 0.3) is 0 Å². The maximum absolute atomic E-state index is 4.06. The van der Waals surface area contributed by atoms with E-state index in [1.807, 2.05) is 0 Å². The van der Waals surface area contributed by atoms with E-state index in [9.17, 15) is 0 Å². The number of rotatable bonds is 4. The third kappa shape index (κ3) is 3.38. The highest BCUT2D eigenvalue weighted by atomic mass is 14.2. The van der Waals surface area contributed by atoms with Crippen molar-refractivity contribution >= 4 is 0 Å². The molecule has 0 N–H and O–H groups in total. The fourth-order valence-electron chi connectivity index (χ4n) is 1.86. The van der Waals surface area contributed by atoms with Crippen molar-refractivity contribution in [2.75, 3.05) is 0 Å². The molecule has 0 spiro atoms. The van der Waals surface area contributed by atoms with E-state index in [1.54, 1.807) is 0 Å².